The zero-order valence-corrected chi connectivity index (χ0v) is 27.0. The maximum atomic E-state index is 14.2. The van der Waals surface area contributed by atoms with Gasteiger partial charge in [-0.1, -0.05) is 19.1 Å². The largest absolute Gasteiger partial charge is 0.493 e. The summed E-state index contributed by atoms with van der Waals surface area (Å²) >= 11 is 0. The molecule has 17 heteroatoms. The maximum absolute atomic E-state index is 14.2. The van der Waals surface area contributed by atoms with Gasteiger partial charge in [0.05, 0.1) is 37.2 Å². The smallest absolute Gasteiger partial charge is 0.326 e. The van der Waals surface area contributed by atoms with Crippen LogP contribution < -0.4 is 20.7 Å². The van der Waals surface area contributed by atoms with Crippen molar-refractivity contribution in [2.24, 2.45) is 5.92 Å². The summed E-state index contributed by atoms with van der Waals surface area (Å²) in [6, 6.07) is 7.31. The predicted molar refractivity (Wildman–Crippen MR) is 169 cm³/mol. The molecule has 4 amide bonds. The van der Waals surface area contributed by atoms with Crippen molar-refractivity contribution in [3.63, 3.8) is 0 Å². The van der Waals surface area contributed by atoms with Gasteiger partial charge >= 0.3 is 11.9 Å². The number of hydrogen-bond donors (Lipinski definition) is 6. The number of carboxylic acid groups (broad SMARTS) is 2. The maximum Gasteiger partial charge on any atom is 0.326 e. The molecule has 0 spiro atoms. The van der Waals surface area contributed by atoms with Crippen LogP contribution in [0.5, 0.6) is 5.75 Å². The van der Waals surface area contributed by atoms with Crippen LogP contribution in [0.25, 0.3) is 11.3 Å². The van der Waals surface area contributed by atoms with Crippen LogP contribution in [0.15, 0.2) is 52.9 Å². The first kappa shape index (κ1) is 38.6. The van der Waals surface area contributed by atoms with Crippen LogP contribution in [0.4, 0.5) is 8.78 Å². The number of aliphatic carboxylic acids is 2. The number of carbonyl (C=O) groups is 6. The Morgan fingerprint density at radius 1 is 0.980 bits per heavy atom. The number of nitrogens with zero attached hydrogens (tertiary/aromatic N) is 1. The Bertz CT molecular complexity index is 1710. The van der Waals surface area contributed by atoms with Gasteiger partial charge in [-0.25, -0.2) is 18.6 Å². The third-order valence-corrected chi connectivity index (χ3v) is 7.54. The van der Waals surface area contributed by atoms with Crippen molar-refractivity contribution < 1.29 is 62.1 Å². The molecule has 3 atom stereocenters. The van der Waals surface area contributed by atoms with Crippen molar-refractivity contribution in [2.75, 3.05) is 13.3 Å². The summed E-state index contributed by atoms with van der Waals surface area (Å²) in [5.41, 5.74) is 0.425. The van der Waals surface area contributed by atoms with Crippen LogP contribution in [0.1, 0.15) is 59.6 Å². The molecule has 268 valence electrons. The summed E-state index contributed by atoms with van der Waals surface area (Å²) in [7, 11) is 0. The summed E-state index contributed by atoms with van der Waals surface area (Å²) < 4.78 is 38.7. The van der Waals surface area contributed by atoms with Gasteiger partial charge in [0, 0.05) is 11.6 Å². The number of halogens is 2. The predicted octanol–water partition coefficient (Wildman–Crippen LogP) is 2.96. The lowest BCUT2D eigenvalue weighted by Gasteiger charge is -2.29. The Morgan fingerprint density at radius 3 is 2.34 bits per heavy atom. The van der Waals surface area contributed by atoms with E-state index in [9.17, 15) is 47.9 Å². The van der Waals surface area contributed by atoms with Gasteiger partial charge in [0.25, 0.3) is 11.8 Å². The molecular weight excluding hydrogens is 666 g/mol. The second-order valence-electron chi connectivity index (χ2n) is 10.8. The average Bonchev–Trinajstić information content (AvgIpc) is 3.57. The van der Waals surface area contributed by atoms with E-state index >= 15 is 0 Å². The molecule has 0 aliphatic carbocycles. The Labute approximate surface area is 284 Å². The summed E-state index contributed by atoms with van der Waals surface area (Å²) in [6.45, 7) is 3.00. The Balaban J connectivity index is 1.68. The van der Waals surface area contributed by atoms with Crippen molar-refractivity contribution in [3.05, 3.63) is 77.1 Å². The van der Waals surface area contributed by atoms with E-state index in [4.69, 9.17) is 14.3 Å². The fourth-order valence-electron chi connectivity index (χ4n) is 5.06. The molecule has 0 aliphatic heterocycles. The van der Waals surface area contributed by atoms with Gasteiger partial charge in [-0.05, 0) is 62.1 Å². The van der Waals surface area contributed by atoms with E-state index in [0.29, 0.717) is 16.7 Å². The summed E-state index contributed by atoms with van der Waals surface area (Å²) in [5, 5.41) is 35.7. The molecule has 0 fully saturated rings. The van der Waals surface area contributed by atoms with Crippen molar-refractivity contribution >= 4 is 36.1 Å². The standard InChI is InChI=1S/C33H36F2N4O11/c1-3-25(39(48)17-40)21(9-6-18-5-8-20(34)14-23(18)35)30(43)36-16-37-32(45)27-12-11-26(50-27)19-7-10-22(28(13-19)49-4-2)31(44)38-24(33(46)47)15-29(41)42/h5,7-8,10-14,17,21,24-25,48H,3-4,6,9,15-16H2,1-2H3,(H,36,43)(H,37,45)(H,38,44)(H,41,42)(H,46,47)/t21-,24+,25-/m1/s1. The van der Waals surface area contributed by atoms with Crippen molar-refractivity contribution in [3.8, 4) is 17.1 Å². The van der Waals surface area contributed by atoms with Crippen LogP contribution >= 0.6 is 0 Å². The number of carboxylic acids is 2. The minimum atomic E-state index is -1.68. The number of amides is 4. The molecule has 15 nitrogen and oxygen atoms in total. The van der Waals surface area contributed by atoms with Crippen LogP contribution in [-0.2, 0) is 25.6 Å². The van der Waals surface area contributed by atoms with Gasteiger partial charge in [0.15, 0.2) is 5.76 Å². The average molecular weight is 703 g/mol. The third kappa shape index (κ3) is 10.3. The number of hydroxylamine groups is 2. The number of aryl methyl sites for hydroxylation is 1. The monoisotopic (exact) mass is 702 g/mol. The minimum absolute atomic E-state index is 0.0147. The third-order valence-electron chi connectivity index (χ3n) is 7.54. The Kier molecular flexibility index (Phi) is 14.0. The lowest BCUT2D eigenvalue weighted by atomic mass is 9.89. The fraction of sp³-hybridized carbons (Fsp3) is 0.333. The highest BCUT2D eigenvalue weighted by molar-refractivity contribution is 6.00. The number of ether oxygens (including phenoxy) is 1. The van der Waals surface area contributed by atoms with Crippen LogP contribution in [0.2, 0.25) is 0 Å². The molecule has 0 aliphatic rings. The van der Waals surface area contributed by atoms with Crippen molar-refractivity contribution in [1.82, 2.24) is 21.0 Å². The van der Waals surface area contributed by atoms with E-state index in [1.54, 1.807) is 13.8 Å². The highest BCUT2D eigenvalue weighted by Crippen LogP contribution is 2.29. The molecule has 0 bridgehead atoms. The fourth-order valence-corrected chi connectivity index (χ4v) is 5.06. The molecule has 3 rings (SSSR count). The van der Waals surface area contributed by atoms with Gasteiger partial charge in [-0.3, -0.25) is 29.2 Å². The van der Waals surface area contributed by atoms with Gasteiger partial charge in [0.1, 0.15) is 29.2 Å². The molecule has 2 aromatic carbocycles. The molecular formula is C33H36F2N4O11. The van der Waals surface area contributed by atoms with Gasteiger partial charge in [0.2, 0.25) is 12.3 Å². The zero-order valence-electron chi connectivity index (χ0n) is 27.0. The molecule has 1 heterocycles. The molecule has 0 saturated heterocycles. The summed E-state index contributed by atoms with van der Waals surface area (Å²) in [5.74, 6) is -7.80. The van der Waals surface area contributed by atoms with E-state index in [-0.39, 0.29) is 60.7 Å². The van der Waals surface area contributed by atoms with E-state index in [2.05, 4.69) is 16.0 Å². The van der Waals surface area contributed by atoms with Gasteiger partial charge in [-0.15, -0.1) is 0 Å². The van der Waals surface area contributed by atoms with E-state index in [0.717, 1.165) is 6.07 Å². The molecule has 1 aromatic heterocycles. The Hall–Kier alpha value is -5.84. The number of carbonyl (C=O) groups excluding carboxylic acids is 4. The first-order valence-corrected chi connectivity index (χ1v) is 15.3. The highest BCUT2D eigenvalue weighted by atomic mass is 19.1. The molecule has 3 aromatic rings. The first-order chi connectivity index (χ1) is 23.8. The van der Waals surface area contributed by atoms with Gasteiger partial charge < -0.3 is 35.3 Å². The minimum Gasteiger partial charge on any atom is -0.493 e. The number of rotatable bonds is 19. The molecule has 0 unspecified atom stereocenters. The highest BCUT2D eigenvalue weighted by Gasteiger charge is 2.31. The molecule has 50 heavy (non-hydrogen) atoms. The number of benzene rings is 2. The first-order valence-electron chi connectivity index (χ1n) is 15.3. The summed E-state index contributed by atoms with van der Waals surface area (Å²) in [6.07, 6.45) is -0.589. The number of hydrogen-bond acceptors (Lipinski definition) is 9. The van der Waals surface area contributed by atoms with Gasteiger partial charge in [-0.2, -0.15) is 0 Å². The van der Waals surface area contributed by atoms with Crippen molar-refractivity contribution in [2.45, 2.75) is 51.6 Å². The number of nitrogens with one attached hydrogen (secondary N) is 3. The second-order valence-corrected chi connectivity index (χ2v) is 10.8. The van der Waals surface area contributed by atoms with Crippen LogP contribution in [-0.4, -0.2) is 81.9 Å². The van der Waals surface area contributed by atoms with E-state index < -0.39 is 72.4 Å². The summed E-state index contributed by atoms with van der Waals surface area (Å²) in [4.78, 5) is 72.4. The molecule has 0 saturated carbocycles. The lowest BCUT2D eigenvalue weighted by Crippen LogP contribution is -2.47. The normalized spacial score (nSPS) is 12.6. The number of furan rings is 1. The van der Waals surface area contributed by atoms with Crippen molar-refractivity contribution in [1.29, 1.82) is 0 Å². The topological polar surface area (TPSA) is 225 Å². The molecule has 6 N–H and O–H groups in total. The second kappa shape index (κ2) is 18.1. The lowest BCUT2D eigenvalue weighted by molar-refractivity contribution is -0.168. The molecule has 0 radical (unpaired) electrons. The quantitative estimate of drug-likeness (QED) is 0.0461. The van der Waals surface area contributed by atoms with E-state index in [1.165, 1.54) is 36.4 Å². The van der Waals surface area contributed by atoms with Crippen LogP contribution in [0.3, 0.4) is 0 Å². The zero-order chi connectivity index (χ0) is 37.0. The van der Waals surface area contributed by atoms with Crippen LogP contribution in [0, 0.1) is 17.6 Å². The SMILES string of the molecule is CCOc1cc(-c2ccc(C(=O)NCNC(=O)[C@H](CCc3ccc(F)cc3F)[C@@H](CC)N(O)C=O)o2)ccc1C(=O)N[C@@H](CC(=O)O)C(=O)O. The Morgan fingerprint density at radius 2 is 1.72 bits per heavy atom. The van der Waals surface area contributed by atoms with E-state index in [1.807, 2.05) is 0 Å².